The van der Waals surface area contributed by atoms with Gasteiger partial charge in [0.15, 0.2) is 0 Å². The Morgan fingerprint density at radius 2 is 1.78 bits per heavy atom. The van der Waals surface area contributed by atoms with Crippen LogP contribution in [0.5, 0.6) is 0 Å². The molecular weight excluding hydrogens is 483 g/mol. The molecule has 2 aromatic carbocycles. The largest absolute Gasteiger partial charge is 0.408 e. The zero-order valence-corrected chi connectivity index (χ0v) is 20.1. The van der Waals surface area contributed by atoms with E-state index >= 15 is 0 Å². The Labute approximate surface area is 210 Å². The molecule has 0 unspecified atom stereocenters. The lowest BCUT2D eigenvalue weighted by Crippen LogP contribution is -2.40. The monoisotopic (exact) mass is 507 g/mol. The Kier molecular flexibility index (Phi) is 7.16. The van der Waals surface area contributed by atoms with E-state index in [9.17, 15) is 22.8 Å². The number of pyridine rings is 2. The van der Waals surface area contributed by atoms with Gasteiger partial charge in [-0.25, -0.2) is 11.6 Å². The molecule has 1 amide bonds. The normalized spacial score (nSPS) is 12.5. The minimum absolute atomic E-state index is 0.0436. The van der Waals surface area contributed by atoms with Gasteiger partial charge in [-0.05, 0) is 41.3 Å². The van der Waals surface area contributed by atoms with Crippen molar-refractivity contribution in [2.24, 2.45) is 5.92 Å². The zero-order valence-electron chi connectivity index (χ0n) is 20.1. The number of amides is 1. The van der Waals surface area contributed by atoms with Crippen molar-refractivity contribution in [1.29, 1.82) is 0 Å². The maximum absolute atomic E-state index is 13.7. The van der Waals surface area contributed by atoms with Gasteiger partial charge >= 0.3 is 6.18 Å². The van der Waals surface area contributed by atoms with Gasteiger partial charge in [-0.1, -0.05) is 38.1 Å². The van der Waals surface area contributed by atoms with Crippen LogP contribution in [0.15, 0.2) is 59.5 Å². The molecule has 0 aliphatic rings. The molecule has 0 bridgehead atoms. The lowest BCUT2D eigenvalue weighted by molar-refractivity contribution is -0.150. The third-order valence-corrected chi connectivity index (χ3v) is 6.02. The molecule has 4 rings (SSSR count). The standard InChI is InChI=1S/C27H24F3N5O2/c1-15(2)23(27(28,29)30)35-24-19-9-8-18(14-20(19)22-21(34-24)10-11-32-26(22)37)16-4-6-17(7-5-16)25(36)33-13-12-31-3/h4-11,14-15,23H,12-13H2,1-2H3,(H,32,37)(H,33,36)(H,34,35)/t23-/m1/s1. The second-order valence-electron chi connectivity index (χ2n) is 8.91. The number of anilines is 1. The maximum atomic E-state index is 13.7. The third-order valence-electron chi connectivity index (χ3n) is 6.02. The first-order chi connectivity index (χ1) is 17.6. The predicted molar refractivity (Wildman–Crippen MR) is 137 cm³/mol. The third kappa shape index (κ3) is 5.40. The summed E-state index contributed by atoms with van der Waals surface area (Å²) in [5.74, 6) is -0.998. The first-order valence-electron chi connectivity index (χ1n) is 11.6. The Morgan fingerprint density at radius 3 is 2.43 bits per heavy atom. The number of carbonyl (C=O) groups is 1. The van der Waals surface area contributed by atoms with Gasteiger partial charge in [0.05, 0.1) is 17.4 Å². The highest BCUT2D eigenvalue weighted by Gasteiger charge is 2.42. The fourth-order valence-electron chi connectivity index (χ4n) is 4.16. The van der Waals surface area contributed by atoms with Crippen molar-refractivity contribution in [3.05, 3.63) is 82.1 Å². The lowest BCUT2D eigenvalue weighted by atomic mass is 9.98. The minimum atomic E-state index is -4.49. The molecule has 0 aliphatic carbocycles. The summed E-state index contributed by atoms with van der Waals surface area (Å²) in [6.07, 6.45) is -3.09. The molecule has 37 heavy (non-hydrogen) atoms. The van der Waals surface area contributed by atoms with Gasteiger partial charge in [0, 0.05) is 22.5 Å². The fourth-order valence-corrected chi connectivity index (χ4v) is 4.16. The minimum Gasteiger partial charge on any atom is -0.358 e. The Morgan fingerprint density at radius 1 is 1.08 bits per heavy atom. The summed E-state index contributed by atoms with van der Waals surface area (Å²) in [5, 5.41) is 6.34. The van der Waals surface area contributed by atoms with E-state index in [0.717, 1.165) is 5.56 Å². The number of alkyl halides is 3. The number of carbonyl (C=O) groups excluding carboxylic acids is 1. The average Bonchev–Trinajstić information content (AvgIpc) is 2.86. The molecule has 1 atom stereocenters. The lowest BCUT2D eigenvalue weighted by Gasteiger charge is -2.26. The average molecular weight is 508 g/mol. The second-order valence-corrected chi connectivity index (χ2v) is 8.91. The molecule has 0 spiro atoms. The van der Waals surface area contributed by atoms with E-state index in [-0.39, 0.29) is 35.7 Å². The number of benzene rings is 2. The summed E-state index contributed by atoms with van der Waals surface area (Å²) in [5.41, 5.74) is 1.76. The van der Waals surface area contributed by atoms with Crippen LogP contribution in [0.3, 0.4) is 0 Å². The van der Waals surface area contributed by atoms with Gasteiger partial charge in [-0.2, -0.15) is 13.2 Å². The molecule has 3 N–H and O–H groups in total. The van der Waals surface area contributed by atoms with Crippen molar-refractivity contribution in [1.82, 2.24) is 15.3 Å². The molecular formula is C27H24F3N5O2. The van der Waals surface area contributed by atoms with Crippen LogP contribution < -0.4 is 16.2 Å². The number of hydrogen-bond donors (Lipinski definition) is 3. The highest BCUT2D eigenvalue weighted by atomic mass is 19.4. The molecule has 4 aromatic rings. The van der Waals surface area contributed by atoms with Crippen molar-refractivity contribution < 1.29 is 18.0 Å². The van der Waals surface area contributed by atoms with Gasteiger partial charge in [0.25, 0.3) is 11.5 Å². The van der Waals surface area contributed by atoms with Crippen LogP contribution in [-0.2, 0) is 0 Å². The highest BCUT2D eigenvalue weighted by Crippen LogP contribution is 2.35. The van der Waals surface area contributed by atoms with E-state index < -0.39 is 23.7 Å². The van der Waals surface area contributed by atoms with Crippen LogP contribution in [0.2, 0.25) is 0 Å². The van der Waals surface area contributed by atoms with Crippen molar-refractivity contribution in [3.8, 4) is 11.1 Å². The first-order valence-corrected chi connectivity index (χ1v) is 11.6. The fraction of sp³-hybridized carbons (Fsp3) is 0.259. The van der Waals surface area contributed by atoms with Gasteiger partial charge in [0.2, 0.25) is 6.54 Å². The number of rotatable bonds is 7. The summed E-state index contributed by atoms with van der Waals surface area (Å²) in [6.45, 7) is 10.2. The van der Waals surface area contributed by atoms with Crippen molar-refractivity contribution >= 4 is 33.4 Å². The van der Waals surface area contributed by atoms with E-state index in [1.54, 1.807) is 48.5 Å². The van der Waals surface area contributed by atoms with E-state index in [0.29, 0.717) is 21.9 Å². The quantitative estimate of drug-likeness (QED) is 0.178. The molecule has 0 radical (unpaired) electrons. The molecule has 0 saturated heterocycles. The van der Waals surface area contributed by atoms with E-state index in [4.69, 9.17) is 6.57 Å². The Hall–Kier alpha value is -4.39. The molecule has 10 heteroatoms. The summed E-state index contributed by atoms with van der Waals surface area (Å²) >= 11 is 0. The molecule has 7 nitrogen and oxygen atoms in total. The van der Waals surface area contributed by atoms with Gasteiger partial charge in [0.1, 0.15) is 11.9 Å². The Balaban J connectivity index is 1.80. The summed E-state index contributed by atoms with van der Waals surface area (Å²) in [7, 11) is 0. The predicted octanol–water partition coefficient (Wildman–Crippen LogP) is 5.39. The molecule has 2 aromatic heterocycles. The summed E-state index contributed by atoms with van der Waals surface area (Å²) < 4.78 is 41.1. The van der Waals surface area contributed by atoms with Gasteiger partial charge in [-0.15, -0.1) is 0 Å². The number of fused-ring (bicyclic) bond motifs is 3. The molecule has 2 heterocycles. The smallest absolute Gasteiger partial charge is 0.358 e. The summed E-state index contributed by atoms with van der Waals surface area (Å²) in [4.78, 5) is 35.1. The van der Waals surface area contributed by atoms with E-state index in [1.807, 2.05) is 0 Å². The topological polar surface area (TPSA) is 91.2 Å². The highest BCUT2D eigenvalue weighted by molar-refractivity contribution is 6.11. The number of nitrogens with one attached hydrogen (secondary N) is 3. The van der Waals surface area contributed by atoms with Crippen LogP contribution in [-0.4, -0.2) is 41.2 Å². The van der Waals surface area contributed by atoms with Gasteiger partial charge < -0.3 is 20.5 Å². The zero-order chi connectivity index (χ0) is 26.7. The first kappa shape index (κ1) is 25.7. The van der Waals surface area contributed by atoms with Crippen LogP contribution in [0, 0.1) is 12.5 Å². The SMILES string of the molecule is [C-]#[N+]CCNC(=O)c1ccc(-c2ccc3c(N[C@H](C(C)C)C(F)(F)F)nc4cc[nH]c(=O)c4c3c2)cc1. The van der Waals surface area contributed by atoms with Crippen molar-refractivity contribution in [2.45, 2.75) is 26.1 Å². The number of nitrogens with zero attached hydrogens (tertiary/aromatic N) is 2. The number of aromatic amines is 1. The van der Waals surface area contributed by atoms with E-state index in [1.165, 1.54) is 20.0 Å². The van der Waals surface area contributed by atoms with Crippen molar-refractivity contribution in [3.63, 3.8) is 0 Å². The number of aromatic nitrogens is 2. The Bertz CT molecular complexity index is 1550. The number of H-pyrrole nitrogens is 1. The van der Waals surface area contributed by atoms with Crippen LogP contribution in [0.1, 0.15) is 24.2 Å². The van der Waals surface area contributed by atoms with Crippen molar-refractivity contribution in [2.75, 3.05) is 18.4 Å². The van der Waals surface area contributed by atoms with Crippen LogP contribution in [0.25, 0.3) is 37.6 Å². The van der Waals surface area contributed by atoms with E-state index in [2.05, 4.69) is 25.4 Å². The number of hydrogen-bond acceptors (Lipinski definition) is 4. The maximum Gasteiger partial charge on any atom is 0.408 e. The van der Waals surface area contributed by atoms with Gasteiger partial charge in [-0.3, -0.25) is 9.59 Å². The van der Waals surface area contributed by atoms with Crippen LogP contribution >= 0.6 is 0 Å². The molecule has 0 fully saturated rings. The summed E-state index contributed by atoms with van der Waals surface area (Å²) in [6, 6.07) is 11.6. The molecule has 0 saturated carbocycles. The number of halogens is 3. The molecule has 190 valence electrons. The van der Waals surface area contributed by atoms with Crippen LogP contribution in [0.4, 0.5) is 19.0 Å². The second kappa shape index (κ2) is 10.3. The molecule has 0 aliphatic heterocycles.